The first-order valence-electron chi connectivity index (χ1n) is 10.5. The van der Waals surface area contributed by atoms with Crippen LogP contribution in [0.4, 0.5) is 10.5 Å². The highest BCUT2D eigenvalue weighted by Crippen LogP contribution is 2.34. The zero-order valence-electron chi connectivity index (χ0n) is 18.8. The highest BCUT2D eigenvalue weighted by atomic mass is 127. The Bertz CT molecular complexity index is 1470. The maximum absolute atomic E-state index is 12.8. The molecule has 0 spiro atoms. The van der Waals surface area contributed by atoms with Crippen LogP contribution in [-0.2, 0) is 26.3 Å². The van der Waals surface area contributed by atoms with Crippen LogP contribution in [0.2, 0.25) is 0 Å². The molecule has 3 amide bonds. The fraction of sp³-hybridized carbons (Fsp3) is 0.0800. The fourth-order valence-corrected chi connectivity index (χ4v) is 5.42. The van der Waals surface area contributed by atoms with Gasteiger partial charge in [-0.3, -0.25) is 19.3 Å². The summed E-state index contributed by atoms with van der Waals surface area (Å²) in [5.41, 5.74) is 1.80. The van der Waals surface area contributed by atoms with Crippen molar-refractivity contribution in [1.29, 1.82) is 0 Å². The van der Waals surface area contributed by atoms with Crippen LogP contribution in [0.5, 0.6) is 5.75 Å². The summed E-state index contributed by atoms with van der Waals surface area (Å²) in [5.74, 6) is -0.638. The molecule has 1 heterocycles. The Labute approximate surface area is 226 Å². The summed E-state index contributed by atoms with van der Waals surface area (Å²) in [5, 5.41) is 2.19. The summed E-state index contributed by atoms with van der Waals surface area (Å²) in [6.45, 7) is 1.52. The van der Waals surface area contributed by atoms with Crippen LogP contribution in [0.3, 0.4) is 0 Å². The number of nitrogens with one attached hydrogen (secondary N) is 1. The lowest BCUT2D eigenvalue weighted by atomic mass is 10.2. The number of carbonyl (C=O) groups is 3. The number of hydrogen-bond acceptors (Lipinski definition) is 7. The first-order valence-corrected chi connectivity index (χ1v) is 13.8. The molecule has 1 saturated heterocycles. The first kappa shape index (κ1) is 25.9. The van der Waals surface area contributed by atoms with E-state index in [0.29, 0.717) is 11.3 Å². The first-order chi connectivity index (χ1) is 17.1. The molecule has 1 aliphatic rings. The summed E-state index contributed by atoms with van der Waals surface area (Å²) < 4.78 is 31.7. The summed E-state index contributed by atoms with van der Waals surface area (Å²) in [4.78, 5) is 37.8. The van der Waals surface area contributed by atoms with Crippen LogP contribution >= 0.6 is 34.4 Å². The normalized spacial score (nSPS) is 14.8. The van der Waals surface area contributed by atoms with Gasteiger partial charge < -0.3 is 9.50 Å². The quantitative estimate of drug-likeness (QED) is 0.215. The monoisotopic (exact) mass is 634 g/mol. The Kier molecular flexibility index (Phi) is 7.81. The van der Waals surface area contributed by atoms with Gasteiger partial charge >= 0.3 is 10.1 Å². The van der Waals surface area contributed by atoms with Crippen LogP contribution in [0.25, 0.3) is 6.08 Å². The Balaban J connectivity index is 1.49. The summed E-state index contributed by atoms with van der Waals surface area (Å²) in [6, 6.07) is 19.3. The minimum Gasteiger partial charge on any atom is -0.379 e. The number of benzene rings is 3. The minimum absolute atomic E-state index is 0.0489. The van der Waals surface area contributed by atoms with Gasteiger partial charge in [-0.1, -0.05) is 24.3 Å². The van der Waals surface area contributed by atoms with Gasteiger partial charge in [0.05, 0.1) is 11.4 Å². The molecule has 1 fully saturated rings. The van der Waals surface area contributed by atoms with Crippen molar-refractivity contribution in [1.82, 2.24) is 4.90 Å². The predicted octanol–water partition coefficient (Wildman–Crippen LogP) is 5.25. The van der Waals surface area contributed by atoms with Crippen molar-refractivity contribution in [3.63, 3.8) is 0 Å². The molecular weight excluding hydrogens is 615 g/mol. The third-order valence-corrected chi connectivity index (χ3v) is 7.84. The molecule has 0 aliphatic carbocycles. The van der Waals surface area contributed by atoms with Crippen molar-refractivity contribution in [2.45, 2.75) is 18.4 Å². The minimum atomic E-state index is -4.14. The van der Waals surface area contributed by atoms with Gasteiger partial charge in [0.25, 0.3) is 11.1 Å². The smallest absolute Gasteiger partial charge is 0.339 e. The molecule has 0 atom stereocenters. The van der Waals surface area contributed by atoms with Crippen LogP contribution in [0, 0.1) is 3.57 Å². The van der Waals surface area contributed by atoms with Gasteiger partial charge in [0.15, 0.2) is 0 Å². The number of amides is 3. The molecule has 4 rings (SSSR count). The predicted molar refractivity (Wildman–Crippen MR) is 146 cm³/mol. The average molecular weight is 634 g/mol. The van der Waals surface area contributed by atoms with Crippen molar-refractivity contribution in [2.24, 2.45) is 0 Å². The maximum atomic E-state index is 12.8. The van der Waals surface area contributed by atoms with E-state index < -0.39 is 16.0 Å². The van der Waals surface area contributed by atoms with Gasteiger partial charge in [-0.05, 0) is 100 Å². The number of thioether (sulfide) groups is 1. The van der Waals surface area contributed by atoms with E-state index in [4.69, 9.17) is 4.18 Å². The van der Waals surface area contributed by atoms with Gasteiger partial charge in [0.2, 0.25) is 5.91 Å². The molecule has 0 radical (unpaired) electrons. The van der Waals surface area contributed by atoms with E-state index in [-0.39, 0.29) is 33.2 Å². The second-order valence-corrected chi connectivity index (χ2v) is 11.5. The highest BCUT2D eigenvalue weighted by Gasteiger charge is 2.35. The lowest BCUT2D eigenvalue weighted by molar-refractivity contribution is -0.123. The number of anilines is 1. The number of carbonyl (C=O) groups excluding carboxylic acids is 3. The van der Waals surface area contributed by atoms with E-state index >= 15 is 0 Å². The van der Waals surface area contributed by atoms with Crippen molar-refractivity contribution in [3.8, 4) is 5.75 Å². The molecule has 11 heteroatoms. The zero-order valence-corrected chi connectivity index (χ0v) is 22.6. The molecule has 0 saturated carbocycles. The topological polar surface area (TPSA) is 110 Å². The SMILES string of the molecule is CC(=O)Nc1ccc(S(=O)(=O)Oc2cccc(/C=C3\SC(=O)N(Cc4ccc(I)cc4)C3=O)c2)cc1. The maximum Gasteiger partial charge on any atom is 0.339 e. The van der Waals surface area contributed by atoms with E-state index in [2.05, 4.69) is 27.9 Å². The van der Waals surface area contributed by atoms with Gasteiger partial charge in [0.1, 0.15) is 10.6 Å². The van der Waals surface area contributed by atoms with E-state index in [1.54, 1.807) is 12.1 Å². The van der Waals surface area contributed by atoms with E-state index in [9.17, 15) is 22.8 Å². The van der Waals surface area contributed by atoms with Crippen molar-refractivity contribution in [2.75, 3.05) is 5.32 Å². The largest absolute Gasteiger partial charge is 0.379 e. The van der Waals surface area contributed by atoms with E-state index in [0.717, 1.165) is 20.9 Å². The average Bonchev–Trinajstić information content (AvgIpc) is 3.07. The van der Waals surface area contributed by atoms with Crippen LogP contribution in [0.1, 0.15) is 18.1 Å². The highest BCUT2D eigenvalue weighted by molar-refractivity contribution is 14.1. The zero-order chi connectivity index (χ0) is 25.9. The molecule has 0 bridgehead atoms. The molecular formula is C25H19IN2O6S2. The molecule has 3 aromatic carbocycles. The van der Waals surface area contributed by atoms with Crippen molar-refractivity contribution in [3.05, 3.63) is 92.4 Å². The van der Waals surface area contributed by atoms with Gasteiger partial charge in [0, 0.05) is 16.2 Å². The number of nitrogens with zero attached hydrogens (tertiary/aromatic N) is 1. The summed E-state index contributed by atoms with van der Waals surface area (Å²) >= 11 is 3.01. The molecule has 0 unspecified atom stereocenters. The van der Waals surface area contributed by atoms with Gasteiger partial charge in [-0.25, -0.2) is 0 Å². The van der Waals surface area contributed by atoms with Crippen LogP contribution in [0.15, 0.2) is 82.6 Å². The van der Waals surface area contributed by atoms with Gasteiger partial charge in [-0.15, -0.1) is 0 Å². The number of hydrogen-bond donors (Lipinski definition) is 1. The van der Waals surface area contributed by atoms with Crippen molar-refractivity contribution >= 4 is 73.3 Å². The lowest BCUT2D eigenvalue weighted by Gasteiger charge is -2.12. The molecule has 1 N–H and O–H groups in total. The van der Waals surface area contributed by atoms with Gasteiger partial charge in [-0.2, -0.15) is 8.42 Å². The molecule has 36 heavy (non-hydrogen) atoms. The lowest BCUT2D eigenvalue weighted by Crippen LogP contribution is -2.27. The second kappa shape index (κ2) is 10.8. The third-order valence-electron chi connectivity index (χ3n) is 4.95. The standard InChI is InChI=1S/C25H19IN2O6S2/c1-16(29)27-20-9-11-22(12-10-20)36(32,33)34-21-4-2-3-18(13-21)14-23-24(30)28(25(31)35-23)15-17-5-7-19(26)8-6-17/h2-14H,15H2,1H3,(H,27,29)/b23-14-. The number of halogens is 1. The van der Waals surface area contributed by atoms with E-state index in [1.807, 2.05) is 24.3 Å². The van der Waals surface area contributed by atoms with Crippen LogP contribution in [-0.4, -0.2) is 30.4 Å². The molecule has 1 aliphatic heterocycles. The fourth-order valence-electron chi connectivity index (χ4n) is 3.30. The Morgan fingerprint density at radius 1 is 1.06 bits per heavy atom. The van der Waals surface area contributed by atoms with E-state index in [1.165, 1.54) is 54.3 Å². The number of imide groups is 1. The Morgan fingerprint density at radius 2 is 1.75 bits per heavy atom. The molecule has 8 nitrogen and oxygen atoms in total. The third kappa shape index (κ3) is 6.33. The van der Waals surface area contributed by atoms with Crippen molar-refractivity contribution < 1.29 is 27.0 Å². The Morgan fingerprint density at radius 3 is 2.42 bits per heavy atom. The molecule has 0 aromatic heterocycles. The Hall–Kier alpha value is -3.16. The summed E-state index contributed by atoms with van der Waals surface area (Å²) in [7, 11) is -4.14. The molecule has 3 aromatic rings. The van der Waals surface area contributed by atoms with Crippen LogP contribution < -0.4 is 9.50 Å². The second-order valence-electron chi connectivity index (χ2n) is 7.71. The number of rotatable bonds is 7. The molecule has 184 valence electrons. The summed E-state index contributed by atoms with van der Waals surface area (Å²) in [6.07, 6.45) is 1.53.